The van der Waals surface area contributed by atoms with E-state index in [2.05, 4.69) is 4.98 Å². The van der Waals surface area contributed by atoms with Gasteiger partial charge in [0.1, 0.15) is 11.9 Å². The molecule has 1 atom stereocenters. The maximum absolute atomic E-state index is 13.5. The van der Waals surface area contributed by atoms with Crippen LogP contribution in [0, 0.1) is 31.4 Å². The first-order valence-electron chi connectivity index (χ1n) is 7.51. The Morgan fingerprint density at radius 3 is 2.57 bits per heavy atom. The summed E-state index contributed by atoms with van der Waals surface area (Å²) in [6, 6.07) is 1.97. The Balaban J connectivity index is 1.96. The van der Waals surface area contributed by atoms with Gasteiger partial charge in [-0.1, -0.05) is 0 Å². The first-order chi connectivity index (χ1) is 10.9. The number of hydrogen-bond donors (Lipinski definition) is 0. The predicted molar refractivity (Wildman–Crippen MR) is 80.4 cm³/mol. The second-order valence-corrected chi connectivity index (χ2v) is 5.95. The van der Waals surface area contributed by atoms with Crippen molar-refractivity contribution >= 4 is 17.1 Å². The average molecular weight is 321 g/mol. The number of fused-ring (bicyclic) bond motifs is 1. The molecule has 1 fully saturated rings. The van der Waals surface area contributed by atoms with Gasteiger partial charge in [0.05, 0.1) is 5.52 Å². The quantitative estimate of drug-likeness (QED) is 0.784. The van der Waals surface area contributed by atoms with Gasteiger partial charge in [-0.25, -0.2) is 13.6 Å². The molecule has 0 aliphatic heterocycles. The molecule has 1 aromatic carbocycles. The Kier molecular flexibility index (Phi) is 3.92. The predicted octanol–water partition coefficient (Wildman–Crippen LogP) is 4.44. The summed E-state index contributed by atoms with van der Waals surface area (Å²) in [4.78, 5) is 16.2. The minimum Gasteiger partial charge on any atom is -0.431 e. The molecule has 1 saturated carbocycles. The molecule has 0 amide bonds. The molecule has 6 heteroatoms. The summed E-state index contributed by atoms with van der Waals surface area (Å²) in [5.41, 5.74) is 1.38. The topological polar surface area (TPSA) is 48.4 Å². The highest BCUT2D eigenvalue weighted by Crippen LogP contribution is 2.35. The van der Waals surface area contributed by atoms with E-state index in [0.717, 1.165) is 25.0 Å². The molecule has 23 heavy (non-hydrogen) atoms. The Morgan fingerprint density at radius 1 is 1.26 bits per heavy atom. The van der Waals surface area contributed by atoms with Gasteiger partial charge in [0, 0.05) is 22.7 Å². The molecule has 0 N–H and O–H groups in total. The smallest absolute Gasteiger partial charge is 0.431 e. The molecule has 1 aliphatic rings. The highest BCUT2D eigenvalue weighted by Gasteiger charge is 2.31. The van der Waals surface area contributed by atoms with Crippen molar-refractivity contribution in [2.45, 2.75) is 39.7 Å². The summed E-state index contributed by atoms with van der Waals surface area (Å²) in [7, 11) is 0. The molecule has 0 bridgehead atoms. The van der Waals surface area contributed by atoms with Crippen LogP contribution in [0.3, 0.4) is 0 Å². The molecule has 0 spiro atoms. The zero-order valence-electron chi connectivity index (χ0n) is 13.2. The third kappa shape index (κ3) is 3.11. The van der Waals surface area contributed by atoms with E-state index in [1.54, 1.807) is 13.8 Å². The van der Waals surface area contributed by atoms with E-state index in [-0.39, 0.29) is 22.8 Å². The fourth-order valence-electron chi connectivity index (χ4n) is 2.49. The number of carbonyl (C=O) groups is 1. The molecule has 1 heterocycles. The van der Waals surface area contributed by atoms with Gasteiger partial charge in [0.25, 0.3) is 0 Å². The number of hydrogen-bond acceptors (Lipinski definition) is 4. The number of benzene rings is 1. The van der Waals surface area contributed by atoms with E-state index in [4.69, 9.17) is 9.47 Å². The number of rotatable bonds is 3. The Bertz CT molecular complexity index is 782. The van der Waals surface area contributed by atoms with Crippen LogP contribution in [0.15, 0.2) is 12.1 Å². The van der Waals surface area contributed by atoms with Gasteiger partial charge < -0.3 is 9.47 Å². The summed E-state index contributed by atoms with van der Waals surface area (Å²) in [5, 5.41) is 0.239. The lowest BCUT2D eigenvalue weighted by Crippen LogP contribution is -2.20. The minimum atomic E-state index is -1.02. The van der Waals surface area contributed by atoms with Crippen LogP contribution in [0.2, 0.25) is 0 Å². The first kappa shape index (κ1) is 15.6. The summed E-state index contributed by atoms with van der Waals surface area (Å²) >= 11 is 0. The van der Waals surface area contributed by atoms with Crippen molar-refractivity contribution in [1.29, 1.82) is 0 Å². The van der Waals surface area contributed by atoms with E-state index >= 15 is 0 Å². The molecule has 122 valence electrons. The third-order valence-electron chi connectivity index (χ3n) is 4.21. The van der Waals surface area contributed by atoms with Gasteiger partial charge in [0.15, 0.2) is 11.6 Å². The molecule has 2 aromatic rings. The third-order valence-corrected chi connectivity index (χ3v) is 4.21. The van der Waals surface area contributed by atoms with Crippen molar-refractivity contribution in [2.24, 2.45) is 5.92 Å². The SMILES string of the molecule is Cc1nc2cc(F)c(F)cc2c(OC(=O)OC(C)C2CC2)c1C. The number of ether oxygens (including phenoxy) is 2. The van der Waals surface area contributed by atoms with Crippen LogP contribution in [0.5, 0.6) is 5.75 Å². The van der Waals surface area contributed by atoms with Gasteiger partial charge in [-0.2, -0.15) is 0 Å². The lowest BCUT2D eigenvalue weighted by Gasteiger charge is -2.15. The molecule has 1 unspecified atom stereocenters. The van der Waals surface area contributed by atoms with Gasteiger partial charge >= 0.3 is 6.16 Å². The van der Waals surface area contributed by atoms with E-state index in [1.807, 2.05) is 6.92 Å². The Morgan fingerprint density at radius 2 is 1.91 bits per heavy atom. The van der Waals surface area contributed by atoms with Crippen LogP contribution in [-0.4, -0.2) is 17.2 Å². The molecule has 4 nitrogen and oxygen atoms in total. The second-order valence-electron chi connectivity index (χ2n) is 5.95. The summed E-state index contributed by atoms with van der Waals surface area (Å²) in [6.45, 7) is 5.23. The van der Waals surface area contributed by atoms with Crippen molar-refractivity contribution in [2.75, 3.05) is 0 Å². The lowest BCUT2D eigenvalue weighted by molar-refractivity contribution is 0.0571. The van der Waals surface area contributed by atoms with E-state index in [0.29, 0.717) is 17.2 Å². The molecular weight excluding hydrogens is 304 g/mol. The Hall–Kier alpha value is -2.24. The average Bonchev–Trinajstić information content (AvgIpc) is 3.31. The lowest BCUT2D eigenvalue weighted by atomic mass is 10.1. The van der Waals surface area contributed by atoms with Crippen LogP contribution in [0.25, 0.3) is 10.9 Å². The van der Waals surface area contributed by atoms with Crippen LogP contribution in [0.1, 0.15) is 31.0 Å². The zero-order chi connectivity index (χ0) is 16.7. The Labute approximate surface area is 132 Å². The molecular formula is C17H17F2NO3. The molecule has 1 aliphatic carbocycles. The van der Waals surface area contributed by atoms with Crippen LogP contribution >= 0.6 is 0 Å². The van der Waals surface area contributed by atoms with Crippen molar-refractivity contribution in [1.82, 2.24) is 4.98 Å². The molecule has 3 rings (SSSR count). The zero-order valence-corrected chi connectivity index (χ0v) is 13.2. The van der Waals surface area contributed by atoms with Gasteiger partial charge in [0.2, 0.25) is 0 Å². The largest absolute Gasteiger partial charge is 0.514 e. The number of nitrogens with zero attached hydrogens (tertiary/aromatic N) is 1. The number of halogens is 2. The maximum Gasteiger partial charge on any atom is 0.514 e. The van der Waals surface area contributed by atoms with Crippen molar-refractivity contribution < 1.29 is 23.0 Å². The number of carbonyl (C=O) groups excluding carboxylic acids is 1. The van der Waals surface area contributed by atoms with Gasteiger partial charge in [-0.3, -0.25) is 4.98 Å². The minimum absolute atomic E-state index is 0.152. The molecule has 1 aromatic heterocycles. The number of aryl methyl sites for hydroxylation is 1. The van der Waals surface area contributed by atoms with Gasteiger partial charge in [-0.15, -0.1) is 0 Å². The van der Waals surface area contributed by atoms with Crippen molar-refractivity contribution in [3.05, 3.63) is 35.0 Å². The van der Waals surface area contributed by atoms with Crippen molar-refractivity contribution in [3.63, 3.8) is 0 Å². The molecule has 0 radical (unpaired) electrons. The fourth-order valence-corrected chi connectivity index (χ4v) is 2.49. The summed E-state index contributed by atoms with van der Waals surface area (Å²) in [6.07, 6.45) is 1.01. The van der Waals surface area contributed by atoms with E-state index in [1.165, 1.54) is 0 Å². The summed E-state index contributed by atoms with van der Waals surface area (Å²) < 4.78 is 37.5. The highest BCUT2D eigenvalue weighted by atomic mass is 19.2. The standard InChI is InChI=1S/C17H17F2NO3/c1-8-9(2)20-15-7-14(19)13(18)6-12(15)16(8)23-17(21)22-10(3)11-4-5-11/h6-7,10-11H,4-5H2,1-3H3. The maximum atomic E-state index is 13.5. The molecule has 0 saturated heterocycles. The van der Waals surface area contributed by atoms with E-state index < -0.39 is 17.8 Å². The van der Waals surface area contributed by atoms with E-state index in [9.17, 15) is 13.6 Å². The number of pyridine rings is 1. The summed E-state index contributed by atoms with van der Waals surface area (Å²) in [5.74, 6) is -1.48. The van der Waals surface area contributed by atoms with Crippen LogP contribution in [-0.2, 0) is 4.74 Å². The first-order valence-corrected chi connectivity index (χ1v) is 7.51. The van der Waals surface area contributed by atoms with Crippen molar-refractivity contribution in [3.8, 4) is 5.75 Å². The van der Waals surface area contributed by atoms with Gasteiger partial charge in [-0.05, 0) is 45.6 Å². The normalized spacial score (nSPS) is 15.5. The second kappa shape index (κ2) is 5.76. The number of aromatic nitrogens is 1. The monoisotopic (exact) mass is 321 g/mol. The van der Waals surface area contributed by atoms with Crippen LogP contribution < -0.4 is 4.74 Å². The fraction of sp³-hybridized carbons (Fsp3) is 0.412. The van der Waals surface area contributed by atoms with Crippen LogP contribution in [0.4, 0.5) is 13.6 Å². The highest BCUT2D eigenvalue weighted by molar-refractivity contribution is 5.88.